The third kappa shape index (κ3) is 8.13. The van der Waals surface area contributed by atoms with Crippen LogP contribution in [0.4, 0.5) is 0 Å². The number of rotatable bonds is 13. The van der Waals surface area contributed by atoms with Gasteiger partial charge in [-0.2, -0.15) is 0 Å². The number of carbonyl (C=O) groups excluding carboxylic acids is 3. The highest BCUT2D eigenvalue weighted by molar-refractivity contribution is 7.96. The first kappa shape index (κ1) is 31.0. The van der Waals surface area contributed by atoms with E-state index in [0.29, 0.717) is 5.57 Å². The monoisotopic (exact) mass is 594 g/mol. The number of likely N-dealkylation sites (tertiary alicyclic amines) is 1. The number of hydrogen-bond acceptors (Lipinski definition) is 6. The van der Waals surface area contributed by atoms with Crippen molar-refractivity contribution in [2.24, 2.45) is 0 Å². The molecule has 1 aliphatic rings. The lowest BCUT2D eigenvalue weighted by molar-refractivity contribution is -0.163. The number of esters is 1. The highest BCUT2D eigenvalue weighted by Crippen LogP contribution is 2.39. The molecule has 1 aromatic rings. The van der Waals surface area contributed by atoms with Crippen molar-refractivity contribution in [3.05, 3.63) is 48.0 Å². The Morgan fingerprint density at radius 2 is 1.75 bits per heavy atom. The molecule has 0 spiro atoms. The molecule has 1 fully saturated rings. The minimum atomic E-state index is -2.05. The molecule has 12 heteroatoms. The van der Waals surface area contributed by atoms with Gasteiger partial charge in [0.15, 0.2) is 6.04 Å². The van der Waals surface area contributed by atoms with Crippen molar-refractivity contribution < 1.29 is 23.0 Å². The van der Waals surface area contributed by atoms with E-state index in [0.717, 1.165) is 35.7 Å². The van der Waals surface area contributed by atoms with Crippen molar-refractivity contribution in [1.29, 1.82) is 0 Å². The first-order valence-electron chi connectivity index (χ1n) is 11.8. The maximum atomic E-state index is 13.3. The minimum absolute atomic E-state index is 0.121. The highest BCUT2D eigenvalue weighted by atomic mass is 35.6. The topological polar surface area (TPSA) is 84.9 Å². The Morgan fingerprint density at radius 1 is 1.17 bits per heavy atom. The van der Waals surface area contributed by atoms with Crippen LogP contribution in [-0.2, 0) is 29.4 Å². The van der Waals surface area contributed by atoms with E-state index in [4.69, 9.17) is 43.4 Å². The molecular weight excluding hydrogens is 563 g/mol. The lowest BCUT2D eigenvalue weighted by atomic mass is 9.99. The molecule has 2 amide bonds. The van der Waals surface area contributed by atoms with Crippen LogP contribution < -0.4 is 5.32 Å². The Bertz CT molecular complexity index is 935. The molecule has 1 N–H and O–H groups in total. The maximum Gasteiger partial charge on any atom is 0.333 e. The quantitative estimate of drug-likeness (QED) is 0.0820. The Kier molecular flexibility index (Phi) is 11.6. The van der Waals surface area contributed by atoms with Crippen molar-refractivity contribution in [3.8, 4) is 0 Å². The molecule has 0 radical (unpaired) electrons. The zero-order valence-electron chi connectivity index (χ0n) is 20.9. The van der Waals surface area contributed by atoms with Crippen LogP contribution in [0, 0.1) is 0 Å². The lowest BCUT2D eigenvalue weighted by Crippen LogP contribution is -2.73. The minimum Gasteiger partial charge on any atom is -0.459 e. The van der Waals surface area contributed by atoms with Crippen LogP contribution in [-0.4, -0.2) is 58.9 Å². The summed E-state index contributed by atoms with van der Waals surface area (Å²) in [7, 11) is -2.05. The molecule has 1 aromatic carbocycles. The zero-order chi connectivity index (χ0) is 27.1. The van der Waals surface area contributed by atoms with E-state index in [9.17, 15) is 14.4 Å². The van der Waals surface area contributed by atoms with Gasteiger partial charge in [0, 0.05) is 12.0 Å². The number of nitrogens with one attached hydrogen (secondary N) is 1. The second kappa shape index (κ2) is 13.5. The largest absolute Gasteiger partial charge is 0.459 e. The van der Waals surface area contributed by atoms with Gasteiger partial charge in [-0.05, 0) is 36.2 Å². The average molecular weight is 596 g/mol. The fourth-order valence-electron chi connectivity index (χ4n) is 3.86. The van der Waals surface area contributed by atoms with Gasteiger partial charge in [0.25, 0.3) is 0 Å². The summed E-state index contributed by atoms with van der Waals surface area (Å²) < 4.78 is 9.75. The SMILES string of the molecule is C=C(C)C(C(=O)OCC(Cl)(Cl)Cl)N1C(=O)C(NC(=O)Cc2ccccc2)C1SO[Si](CC)(CC)CC. The zero-order valence-corrected chi connectivity index (χ0v) is 25.0. The fourth-order valence-corrected chi connectivity index (χ4v) is 8.77. The molecule has 1 aliphatic heterocycles. The van der Waals surface area contributed by atoms with Gasteiger partial charge in [0.05, 0.1) is 6.42 Å². The third-order valence-corrected chi connectivity index (χ3v) is 12.9. The number of amides is 2. The molecule has 0 aliphatic carbocycles. The number of β-lactam (4-membered cyclic amide) rings is 1. The summed E-state index contributed by atoms with van der Waals surface area (Å²) in [5, 5.41) is 2.16. The molecule has 0 bridgehead atoms. The maximum absolute atomic E-state index is 13.3. The standard InChI is InChI=1S/C24H33Cl3N2O5SSi/c1-6-36(7-2,8-3)34-35-22-19(28-18(30)14-17-12-10-9-11-13-17)21(31)29(22)20(16(4)5)23(32)33-15-24(25,26)27/h9-13,19-20,22H,4,6-8,14-15H2,1-3,5H3,(H,28,30). The molecule has 3 atom stereocenters. The van der Waals surface area contributed by atoms with Crippen LogP contribution in [0.3, 0.4) is 0 Å². The summed E-state index contributed by atoms with van der Waals surface area (Å²) in [6, 6.07) is 9.93. The van der Waals surface area contributed by atoms with Gasteiger partial charge in [-0.1, -0.05) is 92.5 Å². The van der Waals surface area contributed by atoms with Crippen LogP contribution in [0.2, 0.25) is 18.1 Å². The highest BCUT2D eigenvalue weighted by Gasteiger charge is 2.55. The summed E-state index contributed by atoms with van der Waals surface area (Å²) in [6.07, 6.45) is 0.121. The van der Waals surface area contributed by atoms with Crippen LogP contribution in [0.1, 0.15) is 33.3 Å². The van der Waals surface area contributed by atoms with E-state index in [1.165, 1.54) is 4.90 Å². The van der Waals surface area contributed by atoms with E-state index >= 15 is 0 Å². The Hall–Kier alpha value is -1.23. The third-order valence-electron chi connectivity index (χ3n) is 6.21. The molecule has 1 saturated heterocycles. The summed E-state index contributed by atoms with van der Waals surface area (Å²) >= 11 is 18.3. The normalized spacial score (nSPS) is 18.9. The van der Waals surface area contributed by atoms with Crippen LogP contribution >= 0.6 is 46.8 Å². The van der Waals surface area contributed by atoms with Gasteiger partial charge >= 0.3 is 5.97 Å². The molecule has 2 rings (SSSR count). The van der Waals surface area contributed by atoms with Gasteiger partial charge in [0.2, 0.25) is 23.9 Å². The molecule has 200 valence electrons. The smallest absolute Gasteiger partial charge is 0.333 e. The van der Waals surface area contributed by atoms with Gasteiger partial charge < -0.3 is 18.8 Å². The van der Waals surface area contributed by atoms with Gasteiger partial charge in [-0.15, -0.1) is 0 Å². The van der Waals surface area contributed by atoms with Crippen LogP contribution in [0.15, 0.2) is 42.5 Å². The molecule has 0 saturated carbocycles. The lowest BCUT2D eigenvalue weighted by Gasteiger charge is -2.49. The number of nitrogens with zero attached hydrogens (tertiary/aromatic N) is 1. The van der Waals surface area contributed by atoms with E-state index in [-0.39, 0.29) is 12.3 Å². The molecule has 0 aromatic heterocycles. The number of hydrogen-bond donors (Lipinski definition) is 1. The van der Waals surface area contributed by atoms with Crippen molar-refractivity contribution in [2.45, 2.75) is 73.5 Å². The van der Waals surface area contributed by atoms with Crippen molar-refractivity contribution in [1.82, 2.24) is 10.2 Å². The molecule has 36 heavy (non-hydrogen) atoms. The summed E-state index contributed by atoms with van der Waals surface area (Å²) in [6.45, 7) is 11.3. The summed E-state index contributed by atoms with van der Waals surface area (Å²) in [5.41, 5.74) is 1.20. The van der Waals surface area contributed by atoms with E-state index < -0.39 is 48.1 Å². The Morgan fingerprint density at radius 3 is 2.25 bits per heavy atom. The predicted molar refractivity (Wildman–Crippen MR) is 148 cm³/mol. The summed E-state index contributed by atoms with van der Waals surface area (Å²) in [4.78, 5) is 40.3. The van der Waals surface area contributed by atoms with Crippen molar-refractivity contribution in [3.63, 3.8) is 0 Å². The van der Waals surface area contributed by atoms with E-state index in [1.54, 1.807) is 6.92 Å². The number of alkyl halides is 3. The number of halogens is 3. The van der Waals surface area contributed by atoms with Gasteiger partial charge in [-0.3, -0.25) is 9.59 Å². The van der Waals surface area contributed by atoms with E-state index in [2.05, 4.69) is 32.7 Å². The average Bonchev–Trinajstić information content (AvgIpc) is 2.83. The molecular formula is C24H33Cl3N2O5SSi. The predicted octanol–water partition coefficient (Wildman–Crippen LogP) is 5.41. The Labute approximate surface area is 233 Å². The van der Waals surface area contributed by atoms with E-state index in [1.807, 2.05) is 30.3 Å². The first-order chi connectivity index (χ1) is 16.9. The second-order valence-corrected chi connectivity index (χ2v) is 17.1. The van der Waals surface area contributed by atoms with Gasteiger partial charge in [-0.25, -0.2) is 4.79 Å². The number of carbonyl (C=O) groups is 3. The van der Waals surface area contributed by atoms with Crippen molar-refractivity contribution in [2.75, 3.05) is 6.61 Å². The summed E-state index contributed by atoms with van der Waals surface area (Å²) in [5.74, 6) is -1.51. The fraction of sp³-hybridized carbons (Fsp3) is 0.542. The molecule has 1 heterocycles. The first-order valence-corrected chi connectivity index (χ1v) is 16.2. The molecule has 7 nitrogen and oxygen atoms in total. The number of benzene rings is 1. The van der Waals surface area contributed by atoms with Crippen LogP contribution in [0.25, 0.3) is 0 Å². The van der Waals surface area contributed by atoms with Gasteiger partial charge in [0.1, 0.15) is 18.0 Å². The van der Waals surface area contributed by atoms with Crippen molar-refractivity contribution >= 4 is 72.9 Å². The number of ether oxygens (including phenoxy) is 1. The van der Waals surface area contributed by atoms with Crippen LogP contribution in [0.5, 0.6) is 0 Å². The Balaban J connectivity index is 2.26. The second-order valence-electron chi connectivity index (χ2n) is 8.74. The molecule has 3 unspecified atom stereocenters.